The molecule has 24 heavy (non-hydrogen) atoms. The minimum Gasteiger partial charge on any atom is -0.338 e. The van der Waals surface area contributed by atoms with Crippen LogP contribution in [0, 0.1) is 13.8 Å². The van der Waals surface area contributed by atoms with Gasteiger partial charge in [-0.15, -0.1) is 0 Å². The van der Waals surface area contributed by atoms with E-state index in [1.54, 1.807) is 17.9 Å². The second-order valence-corrected chi connectivity index (χ2v) is 5.97. The quantitative estimate of drug-likeness (QED) is 0.926. The van der Waals surface area contributed by atoms with Crippen molar-refractivity contribution in [1.82, 2.24) is 24.9 Å². The van der Waals surface area contributed by atoms with Crippen LogP contribution in [0.5, 0.6) is 0 Å². The van der Waals surface area contributed by atoms with Gasteiger partial charge in [-0.3, -0.25) is 10.2 Å². The van der Waals surface area contributed by atoms with Gasteiger partial charge in [-0.1, -0.05) is 11.2 Å². The molecular weight excluding hydrogens is 308 g/mol. The van der Waals surface area contributed by atoms with Crippen molar-refractivity contribution in [1.29, 1.82) is 0 Å². The zero-order valence-corrected chi connectivity index (χ0v) is 14.2. The van der Waals surface area contributed by atoms with Crippen LogP contribution >= 0.6 is 0 Å². The molecule has 1 fully saturated rings. The van der Waals surface area contributed by atoms with Crippen LogP contribution in [0.2, 0.25) is 0 Å². The highest BCUT2D eigenvalue weighted by Crippen LogP contribution is 2.20. The number of rotatable bonds is 3. The topological polar surface area (TPSA) is 87.4 Å². The number of hydrogen-bond donors (Lipinski definition) is 1. The molecule has 128 valence electrons. The molecule has 0 aliphatic carbocycles. The lowest BCUT2D eigenvalue weighted by atomic mass is 10.2. The van der Waals surface area contributed by atoms with Gasteiger partial charge in [0.25, 0.3) is 0 Å². The molecule has 8 nitrogen and oxygen atoms in total. The smallest absolute Gasteiger partial charge is 0.323 e. The van der Waals surface area contributed by atoms with Crippen molar-refractivity contribution in [2.75, 3.05) is 31.5 Å². The lowest BCUT2D eigenvalue weighted by Crippen LogP contribution is -2.50. The number of piperazine rings is 1. The Kier molecular flexibility index (Phi) is 4.75. The highest BCUT2D eigenvalue weighted by atomic mass is 16.5. The summed E-state index contributed by atoms with van der Waals surface area (Å²) in [7, 11) is 0. The second kappa shape index (κ2) is 6.96. The summed E-state index contributed by atoms with van der Waals surface area (Å²) in [5.41, 5.74) is 0.876. The molecule has 1 aliphatic heterocycles. The summed E-state index contributed by atoms with van der Waals surface area (Å²) in [5, 5.41) is 6.68. The van der Waals surface area contributed by atoms with Crippen molar-refractivity contribution >= 4 is 11.8 Å². The van der Waals surface area contributed by atoms with E-state index >= 15 is 0 Å². The van der Waals surface area contributed by atoms with Gasteiger partial charge in [-0.2, -0.15) is 4.98 Å². The van der Waals surface area contributed by atoms with E-state index in [-0.39, 0.29) is 12.1 Å². The monoisotopic (exact) mass is 330 g/mol. The highest BCUT2D eigenvalue weighted by molar-refractivity contribution is 5.88. The molecule has 0 bridgehead atoms. The van der Waals surface area contributed by atoms with E-state index in [2.05, 4.69) is 25.3 Å². The lowest BCUT2D eigenvalue weighted by molar-refractivity contribution is 0.104. The van der Waals surface area contributed by atoms with E-state index in [9.17, 15) is 4.79 Å². The Balaban J connectivity index is 1.53. The lowest BCUT2D eigenvalue weighted by Gasteiger charge is -2.36. The van der Waals surface area contributed by atoms with Gasteiger partial charge in [0.2, 0.25) is 5.89 Å². The minimum absolute atomic E-state index is 0.0508. The molecule has 2 aromatic heterocycles. The average Bonchev–Trinajstić information content (AvgIpc) is 3.01. The first-order chi connectivity index (χ1) is 11.5. The Morgan fingerprint density at radius 1 is 1.21 bits per heavy atom. The largest absolute Gasteiger partial charge is 0.338 e. The van der Waals surface area contributed by atoms with E-state index in [0.29, 0.717) is 30.6 Å². The number of anilines is 1. The van der Waals surface area contributed by atoms with Gasteiger partial charge in [-0.25, -0.2) is 9.78 Å². The third-order valence-corrected chi connectivity index (χ3v) is 4.17. The Labute approximate surface area is 140 Å². The molecule has 2 aromatic rings. The summed E-state index contributed by atoms with van der Waals surface area (Å²) in [6, 6.07) is 5.50. The Morgan fingerprint density at radius 3 is 2.58 bits per heavy atom. The van der Waals surface area contributed by atoms with E-state index in [0.717, 1.165) is 18.8 Å². The van der Waals surface area contributed by atoms with Crippen LogP contribution < -0.4 is 5.32 Å². The Hall–Kier alpha value is -2.48. The maximum Gasteiger partial charge on any atom is 0.323 e. The summed E-state index contributed by atoms with van der Waals surface area (Å²) < 4.78 is 5.24. The molecule has 0 unspecified atom stereocenters. The Morgan fingerprint density at radius 2 is 1.96 bits per heavy atom. The van der Waals surface area contributed by atoms with Gasteiger partial charge in [-0.05, 0) is 32.9 Å². The average molecular weight is 330 g/mol. The van der Waals surface area contributed by atoms with Crippen LogP contribution in [0.15, 0.2) is 22.7 Å². The van der Waals surface area contributed by atoms with Crippen LogP contribution in [-0.2, 0) is 0 Å². The van der Waals surface area contributed by atoms with Crippen molar-refractivity contribution in [3.8, 4) is 0 Å². The number of nitrogens with one attached hydrogen (secondary N) is 1. The number of carbonyl (C=O) groups is 1. The van der Waals surface area contributed by atoms with Crippen molar-refractivity contribution in [3.05, 3.63) is 35.6 Å². The number of aromatic nitrogens is 3. The van der Waals surface area contributed by atoms with Gasteiger partial charge < -0.3 is 9.42 Å². The normalized spacial score (nSPS) is 16.9. The fourth-order valence-corrected chi connectivity index (χ4v) is 2.75. The molecule has 0 saturated carbocycles. The number of carbonyl (C=O) groups excluding carboxylic acids is 1. The van der Waals surface area contributed by atoms with Crippen LogP contribution in [0.3, 0.4) is 0 Å². The maximum absolute atomic E-state index is 12.3. The molecular formula is C16H22N6O2. The Bertz CT molecular complexity index is 708. The molecule has 3 rings (SSSR count). The van der Waals surface area contributed by atoms with Crippen LogP contribution in [0.1, 0.15) is 30.4 Å². The predicted molar refractivity (Wildman–Crippen MR) is 88.6 cm³/mol. The molecule has 0 aromatic carbocycles. The zero-order valence-electron chi connectivity index (χ0n) is 14.2. The van der Waals surface area contributed by atoms with E-state index in [1.807, 2.05) is 26.0 Å². The fraction of sp³-hybridized carbons (Fsp3) is 0.500. The van der Waals surface area contributed by atoms with Crippen LogP contribution in [0.25, 0.3) is 0 Å². The predicted octanol–water partition coefficient (Wildman–Crippen LogP) is 1.99. The first-order valence-electron chi connectivity index (χ1n) is 8.07. The summed E-state index contributed by atoms with van der Waals surface area (Å²) in [6.07, 6.45) is 0. The van der Waals surface area contributed by atoms with Gasteiger partial charge >= 0.3 is 6.03 Å². The van der Waals surface area contributed by atoms with Crippen LogP contribution in [0.4, 0.5) is 10.6 Å². The number of pyridine rings is 1. The molecule has 1 atom stereocenters. The maximum atomic E-state index is 12.3. The van der Waals surface area contributed by atoms with Gasteiger partial charge in [0.05, 0.1) is 6.04 Å². The highest BCUT2D eigenvalue weighted by Gasteiger charge is 2.27. The van der Waals surface area contributed by atoms with Gasteiger partial charge in [0, 0.05) is 31.9 Å². The molecule has 3 heterocycles. The number of hydrogen-bond acceptors (Lipinski definition) is 6. The molecule has 1 N–H and O–H groups in total. The molecule has 0 spiro atoms. The molecule has 0 radical (unpaired) electrons. The first-order valence-corrected chi connectivity index (χ1v) is 8.07. The first kappa shape index (κ1) is 16.4. The van der Waals surface area contributed by atoms with Crippen molar-refractivity contribution in [3.63, 3.8) is 0 Å². The zero-order chi connectivity index (χ0) is 17.1. The van der Waals surface area contributed by atoms with Crippen molar-refractivity contribution in [2.24, 2.45) is 0 Å². The summed E-state index contributed by atoms with van der Waals surface area (Å²) in [6.45, 7) is 8.56. The van der Waals surface area contributed by atoms with E-state index in [4.69, 9.17) is 4.52 Å². The molecule has 1 saturated heterocycles. The molecule has 1 aliphatic rings. The van der Waals surface area contributed by atoms with Crippen molar-refractivity contribution in [2.45, 2.75) is 26.8 Å². The number of amides is 2. The van der Waals surface area contributed by atoms with Gasteiger partial charge in [0.1, 0.15) is 5.82 Å². The minimum atomic E-state index is -0.117. The van der Waals surface area contributed by atoms with Crippen molar-refractivity contribution < 1.29 is 9.32 Å². The van der Waals surface area contributed by atoms with E-state index < -0.39 is 0 Å². The standard InChI is InChI=1S/C16H22N6O2/c1-11-5-4-6-14(17-11)19-16(23)22-9-7-21(8-10-22)12(2)15-18-13(3)20-24-15/h4-6,12H,7-10H2,1-3H3,(H,17,19,23)/t12-/m1/s1. The SMILES string of the molecule is Cc1cccc(NC(=O)N2CCN([C@H](C)c3nc(C)no3)CC2)n1. The van der Waals surface area contributed by atoms with Gasteiger partial charge in [0.15, 0.2) is 5.82 Å². The van der Waals surface area contributed by atoms with Crippen LogP contribution in [-0.4, -0.2) is 57.1 Å². The fourth-order valence-electron chi connectivity index (χ4n) is 2.75. The summed E-state index contributed by atoms with van der Waals surface area (Å²) >= 11 is 0. The number of urea groups is 1. The molecule has 2 amide bonds. The third-order valence-electron chi connectivity index (χ3n) is 4.17. The molecule has 8 heteroatoms. The van der Waals surface area contributed by atoms with E-state index in [1.165, 1.54) is 0 Å². The number of aryl methyl sites for hydroxylation is 2. The third kappa shape index (κ3) is 3.70. The summed E-state index contributed by atoms with van der Waals surface area (Å²) in [4.78, 5) is 25.0. The number of nitrogens with zero attached hydrogens (tertiary/aromatic N) is 5. The second-order valence-electron chi connectivity index (χ2n) is 5.97. The summed E-state index contributed by atoms with van der Waals surface area (Å²) in [5.74, 6) is 1.84.